The molecule has 1 aromatic carbocycles. The van der Waals surface area contributed by atoms with E-state index in [1.54, 1.807) is 6.07 Å². The number of carbonyl (C=O) groups is 1. The molecule has 1 aliphatic heterocycles. The summed E-state index contributed by atoms with van der Waals surface area (Å²) in [6, 6.07) is 11.6. The molecule has 25 heavy (non-hydrogen) atoms. The zero-order chi connectivity index (χ0) is 17.8. The minimum absolute atomic E-state index is 0.373. The van der Waals surface area contributed by atoms with E-state index in [1.807, 2.05) is 49.5 Å². The number of rotatable bonds is 5. The Labute approximate surface area is 148 Å². The average Bonchev–Trinajstić information content (AvgIpc) is 2.62. The van der Waals surface area contributed by atoms with E-state index in [-0.39, 0.29) is 0 Å². The quantitative estimate of drug-likeness (QED) is 0.906. The van der Waals surface area contributed by atoms with Crippen molar-refractivity contribution in [3.8, 4) is 0 Å². The van der Waals surface area contributed by atoms with Crippen LogP contribution in [0.15, 0.2) is 42.6 Å². The molecule has 0 saturated carbocycles. The van der Waals surface area contributed by atoms with E-state index < -0.39 is 5.97 Å². The van der Waals surface area contributed by atoms with Crippen molar-refractivity contribution < 1.29 is 9.90 Å². The molecule has 1 aliphatic rings. The molecular weight excluding hydrogens is 314 g/mol. The molecule has 3 rings (SSSR count). The van der Waals surface area contributed by atoms with Crippen molar-refractivity contribution >= 4 is 11.8 Å². The first-order valence-corrected chi connectivity index (χ1v) is 8.71. The standard InChI is InChI=1S/C20H25N3O2/c1-22(2)19-9-8-15(12-21-19)13-23-10-4-7-18(14-23)16-5-3-6-17(11-16)20(24)25/h3,5-6,8-9,11-12,18H,4,7,10,13-14H2,1-2H3,(H,24,25)/t18-/m1/s1. The highest BCUT2D eigenvalue weighted by Gasteiger charge is 2.22. The highest BCUT2D eigenvalue weighted by Crippen LogP contribution is 2.28. The number of pyridine rings is 1. The molecule has 2 heterocycles. The van der Waals surface area contributed by atoms with Gasteiger partial charge in [0.05, 0.1) is 5.56 Å². The number of carboxylic acid groups (broad SMARTS) is 1. The van der Waals surface area contributed by atoms with Crippen molar-refractivity contribution in [3.63, 3.8) is 0 Å². The summed E-state index contributed by atoms with van der Waals surface area (Å²) in [5.41, 5.74) is 2.72. The molecule has 0 radical (unpaired) electrons. The van der Waals surface area contributed by atoms with Crippen LogP contribution in [0.3, 0.4) is 0 Å². The predicted octanol–water partition coefficient (Wildman–Crippen LogP) is 3.23. The fraction of sp³-hybridized carbons (Fsp3) is 0.400. The predicted molar refractivity (Wildman–Crippen MR) is 99.2 cm³/mol. The molecule has 0 spiro atoms. The molecule has 0 amide bonds. The van der Waals surface area contributed by atoms with Gasteiger partial charge in [0.2, 0.25) is 0 Å². The highest BCUT2D eigenvalue weighted by atomic mass is 16.4. The minimum Gasteiger partial charge on any atom is -0.478 e. The second-order valence-corrected chi connectivity index (χ2v) is 6.92. The van der Waals surface area contributed by atoms with E-state index in [9.17, 15) is 9.90 Å². The van der Waals surface area contributed by atoms with E-state index >= 15 is 0 Å². The Balaban J connectivity index is 1.66. The first-order chi connectivity index (χ1) is 12.0. The Morgan fingerprint density at radius 2 is 2.16 bits per heavy atom. The topological polar surface area (TPSA) is 56.7 Å². The monoisotopic (exact) mass is 339 g/mol. The minimum atomic E-state index is -0.860. The molecule has 0 aliphatic carbocycles. The molecule has 0 unspecified atom stereocenters. The fourth-order valence-electron chi connectivity index (χ4n) is 3.43. The van der Waals surface area contributed by atoms with Crippen molar-refractivity contribution in [2.24, 2.45) is 0 Å². The molecule has 132 valence electrons. The van der Waals surface area contributed by atoms with Crippen LogP contribution in [0, 0.1) is 0 Å². The Bertz CT molecular complexity index is 728. The van der Waals surface area contributed by atoms with Crippen molar-refractivity contribution in [1.29, 1.82) is 0 Å². The van der Waals surface area contributed by atoms with Crippen LogP contribution < -0.4 is 4.90 Å². The fourth-order valence-corrected chi connectivity index (χ4v) is 3.43. The van der Waals surface area contributed by atoms with Crippen molar-refractivity contribution in [2.45, 2.75) is 25.3 Å². The Hall–Kier alpha value is -2.40. The number of hydrogen-bond donors (Lipinski definition) is 1. The highest BCUT2D eigenvalue weighted by molar-refractivity contribution is 5.87. The van der Waals surface area contributed by atoms with E-state index in [4.69, 9.17) is 0 Å². The maximum absolute atomic E-state index is 11.2. The SMILES string of the molecule is CN(C)c1ccc(CN2CCC[C@@H](c3cccc(C(=O)O)c3)C2)cn1. The second kappa shape index (κ2) is 7.66. The largest absolute Gasteiger partial charge is 0.478 e. The molecule has 2 aromatic rings. The summed E-state index contributed by atoms with van der Waals surface area (Å²) in [6.45, 7) is 2.92. The number of carboxylic acids is 1. The average molecular weight is 339 g/mol. The van der Waals surface area contributed by atoms with Gasteiger partial charge >= 0.3 is 5.97 Å². The Morgan fingerprint density at radius 3 is 2.84 bits per heavy atom. The molecule has 5 heteroatoms. The number of benzene rings is 1. The van der Waals surface area contributed by atoms with E-state index in [1.165, 1.54) is 5.56 Å². The van der Waals surface area contributed by atoms with Crippen molar-refractivity contribution in [3.05, 3.63) is 59.3 Å². The third kappa shape index (κ3) is 4.37. The molecular formula is C20H25N3O2. The van der Waals surface area contributed by atoms with Gasteiger partial charge in [-0.05, 0) is 54.6 Å². The maximum atomic E-state index is 11.2. The molecule has 5 nitrogen and oxygen atoms in total. The van der Waals surface area contributed by atoms with Gasteiger partial charge in [-0.15, -0.1) is 0 Å². The summed E-state index contributed by atoms with van der Waals surface area (Å²) in [7, 11) is 3.98. The Kier molecular flexibility index (Phi) is 5.34. The van der Waals surface area contributed by atoms with Gasteiger partial charge < -0.3 is 10.0 Å². The van der Waals surface area contributed by atoms with Gasteiger partial charge in [-0.25, -0.2) is 9.78 Å². The van der Waals surface area contributed by atoms with Gasteiger partial charge in [-0.1, -0.05) is 18.2 Å². The summed E-state index contributed by atoms with van der Waals surface area (Å²) >= 11 is 0. The van der Waals surface area contributed by atoms with Crippen LogP contribution in [0.1, 0.15) is 40.2 Å². The first-order valence-electron chi connectivity index (χ1n) is 8.71. The van der Waals surface area contributed by atoms with Gasteiger partial charge in [-0.3, -0.25) is 4.90 Å². The van der Waals surface area contributed by atoms with Gasteiger partial charge in [0.15, 0.2) is 0 Å². The van der Waals surface area contributed by atoms with Gasteiger partial charge in [-0.2, -0.15) is 0 Å². The number of likely N-dealkylation sites (tertiary alicyclic amines) is 1. The molecule has 1 atom stereocenters. The van der Waals surface area contributed by atoms with Crippen LogP contribution in [0.25, 0.3) is 0 Å². The summed E-state index contributed by atoms with van der Waals surface area (Å²) in [4.78, 5) is 20.1. The summed E-state index contributed by atoms with van der Waals surface area (Å²) in [5, 5.41) is 9.20. The van der Waals surface area contributed by atoms with Gasteiger partial charge in [0.1, 0.15) is 5.82 Å². The lowest BCUT2D eigenvalue weighted by Crippen LogP contribution is -2.34. The molecule has 1 fully saturated rings. The van der Waals surface area contributed by atoms with Crippen LogP contribution in [-0.4, -0.2) is 48.1 Å². The number of aromatic nitrogens is 1. The summed E-state index contributed by atoms with van der Waals surface area (Å²) < 4.78 is 0. The zero-order valence-electron chi connectivity index (χ0n) is 14.9. The molecule has 0 bridgehead atoms. The molecule has 1 saturated heterocycles. The van der Waals surface area contributed by atoms with E-state index in [2.05, 4.69) is 16.0 Å². The van der Waals surface area contributed by atoms with Crippen molar-refractivity contribution in [1.82, 2.24) is 9.88 Å². The van der Waals surface area contributed by atoms with E-state index in [0.29, 0.717) is 11.5 Å². The number of aromatic carboxylic acids is 1. The van der Waals surface area contributed by atoms with Crippen LogP contribution >= 0.6 is 0 Å². The van der Waals surface area contributed by atoms with Gasteiger partial charge in [0, 0.05) is 33.4 Å². The normalized spacial score (nSPS) is 18.1. The number of anilines is 1. The third-order valence-corrected chi connectivity index (χ3v) is 4.78. The summed E-state index contributed by atoms with van der Waals surface area (Å²) in [5.74, 6) is 0.495. The summed E-state index contributed by atoms with van der Waals surface area (Å²) in [6.07, 6.45) is 4.19. The van der Waals surface area contributed by atoms with Gasteiger partial charge in [0.25, 0.3) is 0 Å². The second-order valence-electron chi connectivity index (χ2n) is 6.92. The van der Waals surface area contributed by atoms with Crippen LogP contribution in [-0.2, 0) is 6.54 Å². The molecule has 1 aromatic heterocycles. The molecule has 1 N–H and O–H groups in total. The smallest absolute Gasteiger partial charge is 0.335 e. The lowest BCUT2D eigenvalue weighted by molar-refractivity contribution is 0.0696. The van der Waals surface area contributed by atoms with Crippen LogP contribution in [0.5, 0.6) is 0 Å². The maximum Gasteiger partial charge on any atom is 0.335 e. The lowest BCUT2D eigenvalue weighted by atomic mass is 9.89. The third-order valence-electron chi connectivity index (χ3n) is 4.78. The van der Waals surface area contributed by atoms with Crippen LogP contribution in [0.4, 0.5) is 5.82 Å². The van der Waals surface area contributed by atoms with Crippen LogP contribution in [0.2, 0.25) is 0 Å². The number of nitrogens with zero attached hydrogens (tertiary/aromatic N) is 3. The Morgan fingerprint density at radius 1 is 1.32 bits per heavy atom. The zero-order valence-corrected chi connectivity index (χ0v) is 14.9. The van der Waals surface area contributed by atoms with Crippen molar-refractivity contribution in [2.75, 3.05) is 32.1 Å². The van der Waals surface area contributed by atoms with E-state index in [0.717, 1.165) is 43.9 Å². The number of hydrogen-bond acceptors (Lipinski definition) is 4. The number of piperidine rings is 1. The lowest BCUT2D eigenvalue weighted by Gasteiger charge is -2.33. The first kappa shape index (κ1) is 17.4.